The van der Waals surface area contributed by atoms with E-state index in [1.54, 1.807) is 0 Å². The summed E-state index contributed by atoms with van der Waals surface area (Å²) in [4.78, 5) is 9.90. The second-order valence-electron chi connectivity index (χ2n) is 19.5. The lowest BCUT2D eigenvalue weighted by atomic mass is 9.84. The Morgan fingerprint density at radius 2 is 1.06 bits per heavy atom. The van der Waals surface area contributed by atoms with Crippen molar-refractivity contribution in [2.24, 2.45) is 0 Å². The van der Waals surface area contributed by atoms with Gasteiger partial charge in [0, 0.05) is 56.9 Å². The second kappa shape index (κ2) is 14.6. The monoisotopic (exact) mass is 835 g/mol. The van der Waals surface area contributed by atoms with Crippen LogP contribution in [0.5, 0.6) is 11.5 Å². The number of rotatable bonds is 6. The van der Waals surface area contributed by atoms with Crippen LogP contribution in [0.25, 0.3) is 55.1 Å². The number of pyridine rings is 1. The fourth-order valence-corrected chi connectivity index (χ4v) is 9.92. The first-order valence-electron chi connectivity index (χ1n) is 22.4. The van der Waals surface area contributed by atoms with Crippen LogP contribution in [0, 0.1) is 13.8 Å². The van der Waals surface area contributed by atoms with E-state index in [2.05, 4.69) is 232 Å². The number of benzene rings is 7. The fraction of sp³-hybridized carbons (Fsp3) is 0.190. The molecule has 6 nitrogen and oxygen atoms in total. The van der Waals surface area contributed by atoms with Crippen LogP contribution in [0.2, 0.25) is 0 Å². The Balaban J connectivity index is 1.02. The summed E-state index contributed by atoms with van der Waals surface area (Å²) >= 11 is 0. The Hall–Kier alpha value is -7.31. The van der Waals surface area contributed by atoms with Gasteiger partial charge in [0.1, 0.15) is 24.0 Å². The molecule has 0 atom stereocenters. The van der Waals surface area contributed by atoms with E-state index in [9.17, 15) is 0 Å². The largest absolute Gasteiger partial charge is 0.457 e. The molecule has 6 heteroatoms. The van der Waals surface area contributed by atoms with Gasteiger partial charge in [-0.2, -0.15) is 0 Å². The zero-order valence-electron chi connectivity index (χ0n) is 37.9. The first-order chi connectivity index (χ1) is 30.8. The van der Waals surface area contributed by atoms with Crippen molar-refractivity contribution < 1.29 is 4.74 Å². The molecule has 0 bridgehead atoms. The van der Waals surface area contributed by atoms with Crippen LogP contribution >= 0.6 is 0 Å². The highest BCUT2D eigenvalue weighted by atomic mass is 16.5. The molecule has 7 aromatic carbocycles. The van der Waals surface area contributed by atoms with Crippen molar-refractivity contribution in [1.82, 2.24) is 14.1 Å². The van der Waals surface area contributed by atoms with Crippen molar-refractivity contribution in [3.8, 4) is 23.0 Å². The molecule has 64 heavy (non-hydrogen) atoms. The number of ether oxygens (including phenoxy) is 1. The van der Waals surface area contributed by atoms with Gasteiger partial charge in [-0.15, -0.1) is 0 Å². The van der Waals surface area contributed by atoms with Gasteiger partial charge in [0.15, 0.2) is 0 Å². The molecule has 1 aliphatic heterocycles. The van der Waals surface area contributed by atoms with Crippen LogP contribution in [0.15, 0.2) is 164 Å². The minimum atomic E-state index is -0.0514. The zero-order valence-corrected chi connectivity index (χ0v) is 37.9. The number of para-hydroxylation sites is 4. The van der Waals surface area contributed by atoms with Crippen LogP contribution in [-0.4, -0.2) is 20.8 Å². The summed E-state index contributed by atoms with van der Waals surface area (Å²) in [7, 11) is 0. The summed E-state index contributed by atoms with van der Waals surface area (Å²) in [6, 6.07) is 56.9. The van der Waals surface area contributed by atoms with Gasteiger partial charge in [0.25, 0.3) is 0 Å². The van der Waals surface area contributed by atoms with Crippen LogP contribution in [0.4, 0.5) is 22.7 Å². The topological polar surface area (TPSA) is 38.5 Å². The first-order valence-corrected chi connectivity index (χ1v) is 22.4. The Morgan fingerprint density at radius 3 is 1.80 bits per heavy atom. The van der Waals surface area contributed by atoms with Gasteiger partial charge >= 0.3 is 0 Å². The highest BCUT2D eigenvalue weighted by molar-refractivity contribution is 6.19. The van der Waals surface area contributed by atoms with E-state index >= 15 is 0 Å². The lowest BCUT2D eigenvalue weighted by molar-refractivity contribution is 0.483. The van der Waals surface area contributed by atoms with Crippen molar-refractivity contribution in [1.29, 1.82) is 0 Å². The van der Waals surface area contributed by atoms with E-state index in [1.807, 2.05) is 6.20 Å². The number of aryl methyl sites for hydroxylation is 2. The van der Waals surface area contributed by atoms with Gasteiger partial charge in [-0.25, -0.2) is 4.98 Å². The molecular weight excluding hydrogens is 783 g/mol. The standard InChI is InChI=1S/C58H53N5O/c1-37-29-40(58(6,7)8)30-38(2)56(37)61-36-60(50-23-14-15-24-51(50)61)42-19-16-20-43(32-42)64-44-25-26-46-48-34-47-45-21-12-13-22-49(45)62(41-17-10-9-11-18-41)53(47)35-54(48)63(52(46)33-44)55-31-39(27-28-59-55)57(3,4)5/h9-35H,36H2,1-8H3. The molecule has 0 unspecified atom stereocenters. The van der Waals surface area contributed by atoms with Crippen molar-refractivity contribution >= 4 is 66.4 Å². The van der Waals surface area contributed by atoms with Gasteiger partial charge in [-0.05, 0) is 126 Å². The third kappa shape index (κ3) is 6.50. The van der Waals surface area contributed by atoms with E-state index in [-0.39, 0.29) is 10.8 Å². The van der Waals surface area contributed by atoms with Crippen molar-refractivity contribution in [2.75, 3.05) is 16.5 Å². The number of fused-ring (bicyclic) bond motifs is 7. The summed E-state index contributed by atoms with van der Waals surface area (Å²) < 4.78 is 11.6. The molecule has 0 saturated heterocycles. The molecule has 4 heterocycles. The maximum Gasteiger partial charge on any atom is 0.137 e. The Morgan fingerprint density at radius 1 is 0.453 bits per heavy atom. The maximum atomic E-state index is 6.85. The van der Waals surface area contributed by atoms with Gasteiger partial charge in [-0.3, -0.25) is 4.57 Å². The van der Waals surface area contributed by atoms with Crippen molar-refractivity contribution in [2.45, 2.75) is 66.2 Å². The van der Waals surface area contributed by atoms with Gasteiger partial charge in [0.2, 0.25) is 0 Å². The Kier molecular flexibility index (Phi) is 9.04. The highest BCUT2D eigenvalue weighted by Crippen LogP contribution is 2.48. The summed E-state index contributed by atoms with van der Waals surface area (Å²) in [5, 5.41) is 4.76. The Bertz CT molecular complexity index is 3430. The minimum Gasteiger partial charge on any atom is -0.457 e. The number of hydrogen-bond donors (Lipinski definition) is 0. The van der Waals surface area contributed by atoms with Crippen LogP contribution in [-0.2, 0) is 10.8 Å². The van der Waals surface area contributed by atoms with Crippen LogP contribution in [0.3, 0.4) is 0 Å². The highest BCUT2D eigenvalue weighted by Gasteiger charge is 2.31. The Labute approximate surface area is 375 Å². The predicted molar refractivity (Wildman–Crippen MR) is 268 cm³/mol. The predicted octanol–water partition coefficient (Wildman–Crippen LogP) is 15.5. The number of aromatic nitrogens is 3. The number of nitrogens with zero attached hydrogens (tertiary/aromatic N) is 5. The second-order valence-corrected chi connectivity index (χ2v) is 19.5. The third-order valence-corrected chi connectivity index (χ3v) is 13.1. The van der Waals surface area contributed by atoms with E-state index in [0.717, 1.165) is 50.6 Å². The molecule has 0 N–H and O–H groups in total. The summed E-state index contributed by atoms with van der Waals surface area (Å²) in [6.07, 6.45) is 1.94. The molecular formula is C58H53N5O. The van der Waals surface area contributed by atoms with Crippen molar-refractivity contribution in [3.63, 3.8) is 0 Å². The molecule has 1 aliphatic rings. The molecule has 0 spiro atoms. The smallest absolute Gasteiger partial charge is 0.137 e. The molecule has 10 aromatic rings. The van der Waals surface area contributed by atoms with E-state index < -0.39 is 0 Å². The summed E-state index contributed by atoms with van der Waals surface area (Å²) in [5.74, 6) is 2.42. The summed E-state index contributed by atoms with van der Waals surface area (Å²) in [5.41, 5.74) is 15.5. The van der Waals surface area contributed by atoms with Crippen LogP contribution < -0.4 is 14.5 Å². The first kappa shape index (κ1) is 39.5. The lowest BCUT2D eigenvalue weighted by Gasteiger charge is -2.28. The molecule has 0 fully saturated rings. The third-order valence-electron chi connectivity index (χ3n) is 13.1. The summed E-state index contributed by atoms with van der Waals surface area (Å²) in [6.45, 7) is 18.8. The van der Waals surface area contributed by atoms with Gasteiger partial charge in [0.05, 0.1) is 33.4 Å². The normalized spacial score (nSPS) is 13.2. The SMILES string of the molecule is Cc1cc(C(C)(C)C)cc(C)c1N1CN(c2cccc(Oc3ccc4c5cc6c7ccccc7n(-c7ccccc7)c6cc5n(-c5cc(C(C)(C)C)ccn5)c4c3)c2)c2ccccc21. The van der Waals surface area contributed by atoms with E-state index in [1.165, 1.54) is 61.0 Å². The van der Waals surface area contributed by atoms with Gasteiger partial charge < -0.3 is 19.1 Å². The lowest BCUT2D eigenvalue weighted by Crippen LogP contribution is -2.25. The zero-order chi connectivity index (χ0) is 44.1. The molecule has 0 amide bonds. The molecule has 316 valence electrons. The van der Waals surface area contributed by atoms with Crippen LogP contribution in [0.1, 0.15) is 63.8 Å². The molecule has 0 saturated carbocycles. The fourth-order valence-electron chi connectivity index (χ4n) is 9.92. The van der Waals surface area contributed by atoms with E-state index in [0.29, 0.717) is 6.67 Å². The molecule has 0 aliphatic carbocycles. The molecule has 3 aromatic heterocycles. The average Bonchev–Trinajstić information content (AvgIpc) is 3.92. The minimum absolute atomic E-state index is 0.0514. The van der Waals surface area contributed by atoms with Crippen molar-refractivity contribution in [3.05, 3.63) is 186 Å². The van der Waals surface area contributed by atoms with Gasteiger partial charge in [-0.1, -0.05) is 108 Å². The quantitative estimate of drug-likeness (QED) is 0.167. The number of hydrogen-bond acceptors (Lipinski definition) is 4. The average molecular weight is 836 g/mol. The molecule has 11 rings (SSSR count). The number of anilines is 4. The molecule has 0 radical (unpaired) electrons. The van der Waals surface area contributed by atoms with E-state index in [4.69, 9.17) is 9.72 Å². The maximum absolute atomic E-state index is 6.85.